The van der Waals surface area contributed by atoms with Gasteiger partial charge in [-0.1, -0.05) is 370 Å². The van der Waals surface area contributed by atoms with E-state index in [0.29, 0.717) is 0 Å². The van der Waals surface area contributed by atoms with E-state index < -0.39 is 0 Å². The summed E-state index contributed by atoms with van der Waals surface area (Å²) in [5.74, 6) is 0. The van der Waals surface area contributed by atoms with Gasteiger partial charge in [0.15, 0.2) is 0 Å². The molecule has 0 unspecified atom stereocenters. The molecule has 25 aromatic carbocycles. The molecule has 33 aromatic rings. The molecule has 0 saturated carbocycles. The number of pyridine rings is 2. The molecule has 0 aliphatic carbocycles. The summed E-state index contributed by atoms with van der Waals surface area (Å²) in [5.41, 5.74) is 33.0. The van der Waals surface area contributed by atoms with Crippen LogP contribution in [0, 0.1) is 0 Å². The zero-order valence-electron chi connectivity index (χ0n) is 80.4. The summed E-state index contributed by atoms with van der Waals surface area (Å²) >= 11 is 0. The van der Waals surface area contributed by atoms with Crippen LogP contribution >= 0.6 is 0 Å². The van der Waals surface area contributed by atoms with Crippen molar-refractivity contribution in [1.82, 2.24) is 14.4 Å². The Bertz CT molecular complexity index is 11400. The fourth-order valence-electron chi connectivity index (χ4n) is 24.8. The molecule has 0 fully saturated rings. The second-order valence-electron chi connectivity index (χ2n) is 39.3. The van der Waals surface area contributed by atoms with Gasteiger partial charge in [0.2, 0.25) is 0 Å². The Kier molecular flexibility index (Phi) is 18.8. The van der Waals surface area contributed by atoms with Gasteiger partial charge in [-0.15, -0.1) is 0 Å². The lowest BCUT2D eigenvalue weighted by Crippen LogP contribution is -1.93. The van der Waals surface area contributed by atoms with Gasteiger partial charge in [-0.3, -0.25) is 9.97 Å². The molecule has 149 heavy (non-hydrogen) atoms. The van der Waals surface area contributed by atoms with Crippen LogP contribution in [-0.2, 0) is 0 Å². The largest absolute Gasteiger partial charge is 0.456 e. The number of aromatic nitrogens is 3. The summed E-state index contributed by atoms with van der Waals surface area (Å²) in [4.78, 5) is 9.53. The minimum atomic E-state index is 0.888. The molecule has 690 valence electrons. The third-order valence-corrected chi connectivity index (χ3v) is 31.3. The number of furan rings is 4. The average Bonchev–Trinajstić information content (AvgIpc) is 1.54. The van der Waals surface area contributed by atoms with Gasteiger partial charge >= 0.3 is 0 Å². The summed E-state index contributed by atoms with van der Waals surface area (Å²) in [5, 5.41) is 34.6. The van der Waals surface area contributed by atoms with E-state index in [2.05, 4.69) is 452 Å². The lowest BCUT2D eigenvalue weighted by atomic mass is 9.83. The van der Waals surface area contributed by atoms with Gasteiger partial charge in [0.05, 0.1) is 27.8 Å². The molecule has 0 aliphatic heterocycles. The van der Waals surface area contributed by atoms with Crippen LogP contribution in [0.25, 0.3) is 323 Å². The number of hydrogen-bond donors (Lipinski definition) is 0. The van der Waals surface area contributed by atoms with Crippen molar-refractivity contribution in [3.63, 3.8) is 0 Å². The monoisotopic (exact) mass is 1890 g/mol. The fourth-order valence-corrected chi connectivity index (χ4v) is 24.8. The number of para-hydroxylation sites is 7. The van der Waals surface area contributed by atoms with Gasteiger partial charge in [0.1, 0.15) is 44.7 Å². The lowest BCUT2D eigenvalue weighted by Gasteiger charge is -2.20. The first-order chi connectivity index (χ1) is 73.9. The Morgan fingerprint density at radius 2 is 0.550 bits per heavy atom. The quantitative estimate of drug-likeness (QED) is 0.134. The minimum absolute atomic E-state index is 0.888. The highest BCUT2D eigenvalue weighted by Crippen LogP contribution is 2.56. The van der Waals surface area contributed by atoms with Crippen LogP contribution in [0.3, 0.4) is 0 Å². The Balaban J connectivity index is 0.000000102. The molecule has 8 heterocycles. The van der Waals surface area contributed by atoms with E-state index in [4.69, 9.17) is 22.7 Å². The summed E-state index contributed by atoms with van der Waals surface area (Å²) in [6, 6.07) is 177. The summed E-state index contributed by atoms with van der Waals surface area (Å²) in [6.07, 6.45) is 3.73. The first-order valence-corrected chi connectivity index (χ1v) is 50.9. The second kappa shape index (κ2) is 33.4. The molecule has 0 atom stereocenters. The van der Waals surface area contributed by atoms with Gasteiger partial charge in [0, 0.05) is 105 Å². The third kappa shape index (κ3) is 13.1. The zero-order chi connectivity index (χ0) is 97.6. The Morgan fingerprint density at radius 1 is 0.161 bits per heavy atom. The van der Waals surface area contributed by atoms with E-state index in [0.717, 1.165) is 132 Å². The Hall–Kier alpha value is -19.9. The molecular weight excluding hydrogens is 1810 g/mol. The van der Waals surface area contributed by atoms with Crippen molar-refractivity contribution in [2.24, 2.45) is 0 Å². The van der Waals surface area contributed by atoms with E-state index in [9.17, 15) is 0 Å². The predicted octanol–water partition coefficient (Wildman–Crippen LogP) is 40.0. The van der Waals surface area contributed by atoms with Crippen molar-refractivity contribution >= 4 is 223 Å². The maximum Gasteiger partial charge on any atom is 0.143 e. The van der Waals surface area contributed by atoms with Gasteiger partial charge in [-0.05, 0) is 280 Å². The van der Waals surface area contributed by atoms with Crippen LogP contribution in [0.4, 0.5) is 0 Å². The van der Waals surface area contributed by atoms with E-state index >= 15 is 0 Å². The number of hydrogen-bond acceptors (Lipinski definition) is 6. The number of benzene rings is 25. The second-order valence-corrected chi connectivity index (χ2v) is 39.3. The number of nitrogens with zero attached hydrogens (tertiary/aromatic N) is 3. The van der Waals surface area contributed by atoms with Crippen LogP contribution in [-0.4, -0.2) is 14.4 Å². The summed E-state index contributed by atoms with van der Waals surface area (Å²) < 4.78 is 28.4. The molecular formula is C142H83N3O4. The standard InChI is InChI=1S/C52H30O2.C50H29NO.C40H24N2O/c1-2-12-32-27-33(22-21-31(32)11-1)34-23-26-43-44(28-34)49(36-24-25-40-38-15-7-9-19-46(38)53-48(40)30-36)41-17-5-6-18-42(41)50(43)51-37-14-4-3-13-35(37)29-45-39-16-8-10-20-47(39)54-52(45)51;1-2-12-30(13-3-1)31-22-24-37-42(28-31)48(40-26-25-38-33-14-6-9-19-43(33)51-44-20-10-7-18-39(44)49(40)50(38)51)36-17-5-4-16-35(36)47(37)32-23-27-46-41(29-32)34-15-8-11-21-45(34)52-46;1-2-13-31-30(12-1)38(27-18-19-29-28-11-3-4-16-36(28)43-37(29)24-27)34-23-26(35-15-5-6-21-41-35)17-20-32(34)39(31)33-14-7-9-25-10-8-22-42-40(25)33/h1-30H;1-29H;1-24H. The van der Waals surface area contributed by atoms with E-state index in [1.165, 1.54) is 191 Å². The number of fused-ring (bicyclic) bond motifs is 27. The van der Waals surface area contributed by atoms with Crippen LogP contribution in [0.15, 0.2) is 521 Å². The molecule has 7 heteroatoms. The number of rotatable bonds is 9. The molecule has 0 saturated heterocycles. The van der Waals surface area contributed by atoms with Crippen molar-refractivity contribution in [2.75, 3.05) is 0 Å². The van der Waals surface area contributed by atoms with Crippen molar-refractivity contribution < 1.29 is 17.7 Å². The highest BCUT2D eigenvalue weighted by Gasteiger charge is 2.30. The Labute approximate surface area is 852 Å². The third-order valence-electron chi connectivity index (χ3n) is 31.3. The van der Waals surface area contributed by atoms with E-state index in [1.54, 1.807) is 0 Å². The Morgan fingerprint density at radius 3 is 1.19 bits per heavy atom. The van der Waals surface area contributed by atoms with Gasteiger partial charge in [-0.2, -0.15) is 0 Å². The van der Waals surface area contributed by atoms with Crippen LogP contribution in [0.5, 0.6) is 0 Å². The smallest absolute Gasteiger partial charge is 0.143 e. The molecule has 0 spiro atoms. The van der Waals surface area contributed by atoms with Gasteiger partial charge in [-0.25, -0.2) is 0 Å². The van der Waals surface area contributed by atoms with Crippen molar-refractivity contribution in [3.8, 4) is 100 Å². The summed E-state index contributed by atoms with van der Waals surface area (Å²) in [7, 11) is 0. The van der Waals surface area contributed by atoms with Crippen LogP contribution in [0.1, 0.15) is 0 Å². The van der Waals surface area contributed by atoms with Crippen molar-refractivity contribution in [2.45, 2.75) is 0 Å². The SMILES string of the molecule is c1ccc(-c2ccc3c(-c4ccc5oc6ccccc6c5c4)c4ccccc4c(-c4ccc5c6ccccc6n6c7ccccc7c4c56)c3c2)cc1.c1ccc(-c2ccc3c(-c4cccc5cccnc45)c4ccccc4c(-c4ccc5c(c4)oc4ccccc45)c3c2)nc1.c1ccc2cc(-c3ccc4c(-c5c6ccccc6cc6c5oc5ccccc56)c5ccccc5c(-c5ccc6c(c5)oc5ccccc56)c4c3)ccc2c1. The van der Waals surface area contributed by atoms with Crippen molar-refractivity contribution in [3.05, 3.63) is 504 Å². The van der Waals surface area contributed by atoms with Crippen LogP contribution in [0.2, 0.25) is 0 Å². The molecule has 0 radical (unpaired) electrons. The first kappa shape index (κ1) is 83.7. The highest BCUT2D eigenvalue weighted by atomic mass is 16.3. The minimum Gasteiger partial charge on any atom is -0.456 e. The maximum absolute atomic E-state index is 6.86. The van der Waals surface area contributed by atoms with Gasteiger partial charge in [0.25, 0.3) is 0 Å². The molecule has 0 N–H and O–H groups in total. The zero-order valence-corrected chi connectivity index (χ0v) is 80.4. The topological polar surface area (TPSA) is 82.8 Å². The molecule has 0 aliphatic rings. The maximum atomic E-state index is 6.86. The molecule has 8 aromatic heterocycles. The molecule has 7 nitrogen and oxygen atoms in total. The highest BCUT2D eigenvalue weighted by molar-refractivity contribution is 6.34. The summed E-state index contributed by atoms with van der Waals surface area (Å²) in [6.45, 7) is 0. The van der Waals surface area contributed by atoms with E-state index in [1.807, 2.05) is 60.9 Å². The average molecular weight is 1900 g/mol. The van der Waals surface area contributed by atoms with Crippen LogP contribution < -0.4 is 0 Å². The fraction of sp³-hybridized carbons (Fsp3) is 0. The molecule has 0 bridgehead atoms. The molecule has 0 amide bonds. The predicted molar refractivity (Wildman–Crippen MR) is 625 cm³/mol. The van der Waals surface area contributed by atoms with E-state index in [-0.39, 0.29) is 0 Å². The normalized spacial score (nSPS) is 12.0. The van der Waals surface area contributed by atoms with Crippen molar-refractivity contribution in [1.29, 1.82) is 0 Å². The first-order valence-electron chi connectivity index (χ1n) is 50.9. The lowest BCUT2D eigenvalue weighted by molar-refractivity contribution is 0.668. The van der Waals surface area contributed by atoms with Gasteiger partial charge < -0.3 is 22.1 Å². The molecule has 33 rings (SSSR count).